The number of nitrogens with zero attached hydrogens (tertiary/aromatic N) is 2. The Morgan fingerprint density at radius 2 is 2.11 bits per heavy atom. The van der Waals surface area contributed by atoms with Gasteiger partial charge in [0.2, 0.25) is 5.91 Å². The molecule has 0 aliphatic carbocycles. The van der Waals surface area contributed by atoms with Gasteiger partial charge in [0.15, 0.2) is 0 Å². The zero-order valence-electron chi connectivity index (χ0n) is 16.4. The highest BCUT2D eigenvalue weighted by molar-refractivity contribution is 5.78. The minimum atomic E-state index is -0.0942. The first-order chi connectivity index (χ1) is 13.1. The Hall–Kier alpha value is -2.44. The highest BCUT2D eigenvalue weighted by Gasteiger charge is 2.12. The van der Waals surface area contributed by atoms with Crippen LogP contribution in [0.4, 0.5) is 0 Å². The number of methoxy groups -OCH3 is 1. The van der Waals surface area contributed by atoms with Gasteiger partial charge in [0.25, 0.3) is 0 Å². The number of carbonyl (C=O) groups excluding carboxylic acids is 1. The Kier molecular flexibility index (Phi) is 8.74. The molecule has 1 amide bonds. The molecule has 6 heteroatoms. The van der Waals surface area contributed by atoms with Gasteiger partial charge in [-0.15, -0.1) is 0 Å². The van der Waals surface area contributed by atoms with Gasteiger partial charge in [0.1, 0.15) is 12.4 Å². The highest BCUT2D eigenvalue weighted by Crippen LogP contribution is 2.20. The van der Waals surface area contributed by atoms with Crippen molar-refractivity contribution in [3.8, 4) is 5.75 Å². The summed E-state index contributed by atoms with van der Waals surface area (Å²) in [6.45, 7) is 4.28. The maximum absolute atomic E-state index is 12.2. The Balaban J connectivity index is 1.83. The molecular weight excluding hydrogens is 342 g/mol. The number of benzene rings is 1. The van der Waals surface area contributed by atoms with E-state index < -0.39 is 0 Å². The molecule has 0 fully saturated rings. The summed E-state index contributed by atoms with van der Waals surface area (Å²) in [4.78, 5) is 18.5. The largest absolute Gasteiger partial charge is 0.487 e. The molecular formula is C21H29N3O3. The number of aromatic nitrogens is 1. The summed E-state index contributed by atoms with van der Waals surface area (Å²) in [5.41, 5.74) is 1.88. The van der Waals surface area contributed by atoms with Gasteiger partial charge in [0.05, 0.1) is 18.3 Å². The van der Waals surface area contributed by atoms with Crippen molar-refractivity contribution >= 4 is 5.91 Å². The van der Waals surface area contributed by atoms with E-state index in [0.717, 1.165) is 30.0 Å². The number of amides is 1. The van der Waals surface area contributed by atoms with E-state index in [2.05, 4.69) is 10.3 Å². The average molecular weight is 371 g/mol. The zero-order chi connectivity index (χ0) is 19.5. The summed E-state index contributed by atoms with van der Waals surface area (Å²) in [5, 5.41) is 3.04. The summed E-state index contributed by atoms with van der Waals surface area (Å²) in [6.07, 6.45) is 2.66. The van der Waals surface area contributed by atoms with Gasteiger partial charge in [0, 0.05) is 26.5 Å². The van der Waals surface area contributed by atoms with Crippen LogP contribution in [0.1, 0.15) is 30.6 Å². The Morgan fingerprint density at radius 1 is 1.26 bits per heavy atom. The van der Waals surface area contributed by atoms with Crippen LogP contribution in [0.3, 0.4) is 0 Å². The molecule has 0 radical (unpaired) electrons. The molecule has 1 heterocycles. The predicted octanol–water partition coefficient (Wildman–Crippen LogP) is 2.81. The fourth-order valence-corrected chi connectivity index (χ4v) is 2.69. The van der Waals surface area contributed by atoms with Gasteiger partial charge < -0.3 is 14.8 Å². The van der Waals surface area contributed by atoms with Crippen molar-refractivity contribution in [3.63, 3.8) is 0 Å². The molecule has 0 spiro atoms. The molecule has 1 unspecified atom stereocenters. The van der Waals surface area contributed by atoms with Crippen LogP contribution in [-0.2, 0) is 16.1 Å². The first-order valence-corrected chi connectivity index (χ1v) is 9.18. The van der Waals surface area contributed by atoms with Gasteiger partial charge in [-0.3, -0.25) is 14.7 Å². The molecule has 0 saturated carbocycles. The molecule has 2 aromatic rings. The van der Waals surface area contributed by atoms with E-state index >= 15 is 0 Å². The molecule has 0 saturated heterocycles. The SMILES string of the molecule is COCCCN(C)CC(=O)NC(C)c1cccc(OCc2ccccn2)c1. The van der Waals surface area contributed by atoms with Gasteiger partial charge in [-0.1, -0.05) is 18.2 Å². The highest BCUT2D eigenvalue weighted by atomic mass is 16.5. The number of ether oxygens (including phenoxy) is 2. The van der Waals surface area contributed by atoms with Gasteiger partial charge in [-0.25, -0.2) is 0 Å². The van der Waals surface area contributed by atoms with E-state index in [4.69, 9.17) is 9.47 Å². The van der Waals surface area contributed by atoms with Crippen molar-refractivity contribution in [2.75, 3.05) is 33.9 Å². The second-order valence-electron chi connectivity index (χ2n) is 6.56. The lowest BCUT2D eigenvalue weighted by atomic mass is 10.1. The van der Waals surface area contributed by atoms with Crippen molar-refractivity contribution in [1.29, 1.82) is 0 Å². The van der Waals surface area contributed by atoms with Crippen LogP contribution in [0.2, 0.25) is 0 Å². The first kappa shape index (κ1) is 20.9. The molecule has 27 heavy (non-hydrogen) atoms. The van der Waals surface area contributed by atoms with Crippen LogP contribution < -0.4 is 10.1 Å². The Labute approximate surface area is 161 Å². The topological polar surface area (TPSA) is 63.7 Å². The minimum Gasteiger partial charge on any atom is -0.487 e. The normalized spacial score (nSPS) is 12.0. The molecule has 2 rings (SSSR count). The smallest absolute Gasteiger partial charge is 0.234 e. The van der Waals surface area contributed by atoms with Crippen molar-refractivity contribution in [2.24, 2.45) is 0 Å². The van der Waals surface area contributed by atoms with Crippen LogP contribution in [0.5, 0.6) is 5.75 Å². The second kappa shape index (κ2) is 11.3. The lowest BCUT2D eigenvalue weighted by Gasteiger charge is -2.19. The first-order valence-electron chi connectivity index (χ1n) is 9.18. The van der Waals surface area contributed by atoms with Crippen LogP contribution >= 0.6 is 0 Å². The molecule has 1 N–H and O–H groups in total. The number of rotatable bonds is 11. The zero-order valence-corrected chi connectivity index (χ0v) is 16.4. The van der Waals surface area contributed by atoms with E-state index in [0.29, 0.717) is 19.8 Å². The molecule has 1 atom stereocenters. The monoisotopic (exact) mass is 371 g/mol. The van der Waals surface area contributed by atoms with E-state index in [-0.39, 0.29) is 11.9 Å². The quantitative estimate of drug-likeness (QED) is 0.616. The average Bonchev–Trinajstić information content (AvgIpc) is 2.67. The van der Waals surface area contributed by atoms with E-state index in [1.165, 1.54) is 0 Å². The summed E-state index contributed by atoms with van der Waals surface area (Å²) in [5.74, 6) is 0.762. The number of carbonyl (C=O) groups is 1. The summed E-state index contributed by atoms with van der Waals surface area (Å²) in [6, 6.07) is 13.4. The third kappa shape index (κ3) is 7.76. The van der Waals surface area contributed by atoms with Gasteiger partial charge in [-0.2, -0.15) is 0 Å². The van der Waals surface area contributed by atoms with Crippen molar-refractivity contribution in [3.05, 3.63) is 59.9 Å². The van der Waals surface area contributed by atoms with E-state index in [9.17, 15) is 4.79 Å². The lowest BCUT2D eigenvalue weighted by molar-refractivity contribution is -0.122. The predicted molar refractivity (Wildman–Crippen MR) is 106 cm³/mol. The third-order valence-corrected chi connectivity index (χ3v) is 4.15. The fraction of sp³-hybridized carbons (Fsp3) is 0.429. The van der Waals surface area contributed by atoms with E-state index in [1.807, 2.05) is 61.3 Å². The number of hydrogen-bond donors (Lipinski definition) is 1. The Morgan fingerprint density at radius 3 is 2.85 bits per heavy atom. The van der Waals surface area contributed by atoms with Crippen molar-refractivity contribution in [1.82, 2.24) is 15.2 Å². The Bertz CT molecular complexity index is 694. The number of pyridine rings is 1. The molecule has 1 aromatic carbocycles. The molecule has 6 nitrogen and oxygen atoms in total. The van der Waals surface area contributed by atoms with Crippen LogP contribution in [0.25, 0.3) is 0 Å². The van der Waals surface area contributed by atoms with Crippen molar-refractivity contribution in [2.45, 2.75) is 26.0 Å². The minimum absolute atomic E-state index is 0.00206. The molecule has 1 aromatic heterocycles. The maximum Gasteiger partial charge on any atom is 0.234 e. The van der Waals surface area contributed by atoms with Gasteiger partial charge >= 0.3 is 0 Å². The third-order valence-electron chi connectivity index (χ3n) is 4.15. The van der Waals surface area contributed by atoms with Gasteiger partial charge in [-0.05, 0) is 50.2 Å². The molecule has 0 aliphatic rings. The van der Waals surface area contributed by atoms with Crippen LogP contribution in [0.15, 0.2) is 48.7 Å². The molecule has 146 valence electrons. The van der Waals surface area contributed by atoms with Crippen LogP contribution in [0, 0.1) is 0 Å². The molecule has 0 bridgehead atoms. The van der Waals surface area contributed by atoms with Crippen molar-refractivity contribution < 1.29 is 14.3 Å². The number of hydrogen-bond acceptors (Lipinski definition) is 5. The summed E-state index contributed by atoms with van der Waals surface area (Å²) >= 11 is 0. The lowest BCUT2D eigenvalue weighted by Crippen LogP contribution is -2.37. The summed E-state index contributed by atoms with van der Waals surface area (Å²) in [7, 11) is 3.62. The standard InChI is InChI=1S/C21H29N3O3/c1-17(23-21(25)15-24(2)12-7-13-26-3)18-8-6-10-20(14-18)27-16-19-9-4-5-11-22-19/h4-6,8-11,14,17H,7,12-13,15-16H2,1-3H3,(H,23,25). The fourth-order valence-electron chi connectivity index (χ4n) is 2.69. The maximum atomic E-state index is 12.2. The molecule has 0 aliphatic heterocycles. The summed E-state index contributed by atoms with van der Waals surface area (Å²) < 4.78 is 10.8. The number of likely N-dealkylation sites (N-methyl/N-ethyl adjacent to an activating group) is 1. The number of nitrogens with one attached hydrogen (secondary N) is 1. The van der Waals surface area contributed by atoms with Crippen LogP contribution in [-0.4, -0.2) is 49.6 Å². The van der Waals surface area contributed by atoms with E-state index in [1.54, 1.807) is 13.3 Å². The second-order valence-corrected chi connectivity index (χ2v) is 6.56.